The highest BCUT2D eigenvalue weighted by atomic mass is 35.5. The number of nitrogens with one attached hydrogen (secondary N) is 1. The van der Waals surface area contributed by atoms with Gasteiger partial charge in [-0.2, -0.15) is 0 Å². The molecule has 35 heavy (non-hydrogen) atoms. The Balaban J connectivity index is 0.00000432. The van der Waals surface area contributed by atoms with Crippen LogP contribution in [0.4, 0.5) is 0 Å². The molecular formula is C26H38ClN3O4S. The third-order valence-electron chi connectivity index (χ3n) is 6.37. The summed E-state index contributed by atoms with van der Waals surface area (Å²) in [6.45, 7) is 4.36. The Morgan fingerprint density at radius 3 is 2.40 bits per heavy atom. The molecule has 1 amide bonds. The van der Waals surface area contributed by atoms with E-state index in [1.807, 2.05) is 68.6 Å². The first-order valence-electron chi connectivity index (χ1n) is 12.0. The van der Waals surface area contributed by atoms with E-state index in [1.54, 1.807) is 4.90 Å². The molecule has 2 atom stereocenters. The summed E-state index contributed by atoms with van der Waals surface area (Å²) in [5.74, 6) is 0.156. The van der Waals surface area contributed by atoms with E-state index in [1.165, 1.54) is 0 Å². The summed E-state index contributed by atoms with van der Waals surface area (Å²) in [4.78, 5) is 17.2. The SMILES string of the molecule is CCCCS(=O)(=O)NCc1ccc(CC(=O)N(C)[C@H](CN2CC[C@H](O)C2)c2ccccc2)cc1.Cl. The first kappa shape index (κ1) is 29.3. The van der Waals surface area contributed by atoms with Crippen LogP contribution in [0.25, 0.3) is 0 Å². The maximum atomic E-state index is 13.2. The number of carbonyl (C=O) groups is 1. The van der Waals surface area contributed by atoms with Crippen LogP contribution in [-0.2, 0) is 27.8 Å². The fourth-order valence-corrected chi connectivity index (χ4v) is 5.40. The Morgan fingerprint density at radius 2 is 1.80 bits per heavy atom. The maximum Gasteiger partial charge on any atom is 0.227 e. The van der Waals surface area contributed by atoms with Crippen molar-refractivity contribution < 1.29 is 18.3 Å². The van der Waals surface area contributed by atoms with Gasteiger partial charge < -0.3 is 10.0 Å². The van der Waals surface area contributed by atoms with Crippen LogP contribution < -0.4 is 4.72 Å². The van der Waals surface area contributed by atoms with E-state index >= 15 is 0 Å². The first-order chi connectivity index (χ1) is 16.3. The molecule has 0 unspecified atom stereocenters. The van der Waals surface area contributed by atoms with Gasteiger partial charge in [0.2, 0.25) is 15.9 Å². The molecule has 1 saturated heterocycles. The van der Waals surface area contributed by atoms with Crippen molar-refractivity contribution in [1.82, 2.24) is 14.5 Å². The van der Waals surface area contributed by atoms with Crippen LogP contribution >= 0.6 is 12.4 Å². The molecular weight excluding hydrogens is 486 g/mol. The Morgan fingerprint density at radius 1 is 1.14 bits per heavy atom. The summed E-state index contributed by atoms with van der Waals surface area (Å²) >= 11 is 0. The molecule has 1 aliphatic rings. The molecule has 2 aromatic rings. The molecule has 0 spiro atoms. The number of likely N-dealkylation sites (N-methyl/N-ethyl adjacent to an activating group) is 1. The molecule has 7 nitrogen and oxygen atoms in total. The third-order valence-corrected chi connectivity index (χ3v) is 7.78. The van der Waals surface area contributed by atoms with Crippen LogP contribution in [0, 0.1) is 0 Å². The van der Waals surface area contributed by atoms with E-state index in [-0.39, 0.29) is 49.2 Å². The van der Waals surface area contributed by atoms with Gasteiger partial charge in [0.1, 0.15) is 0 Å². The number of β-amino-alcohol motifs (C(OH)–C–C–N with tert-alkyl or cyclic N) is 1. The fraction of sp³-hybridized carbons (Fsp3) is 0.500. The second-order valence-corrected chi connectivity index (χ2v) is 11.0. The second-order valence-electron chi connectivity index (χ2n) is 9.12. The van der Waals surface area contributed by atoms with Crippen LogP contribution in [-0.4, -0.2) is 67.8 Å². The Labute approximate surface area is 216 Å². The van der Waals surface area contributed by atoms with Gasteiger partial charge in [-0.15, -0.1) is 12.4 Å². The van der Waals surface area contributed by atoms with Crippen molar-refractivity contribution in [3.8, 4) is 0 Å². The van der Waals surface area contributed by atoms with E-state index in [4.69, 9.17) is 0 Å². The lowest BCUT2D eigenvalue weighted by molar-refractivity contribution is -0.131. The minimum Gasteiger partial charge on any atom is -0.392 e. The van der Waals surface area contributed by atoms with E-state index in [0.29, 0.717) is 19.5 Å². The van der Waals surface area contributed by atoms with Crippen LogP contribution in [0.15, 0.2) is 54.6 Å². The zero-order chi connectivity index (χ0) is 24.6. The molecule has 1 fully saturated rings. The zero-order valence-electron chi connectivity index (χ0n) is 20.6. The highest BCUT2D eigenvalue weighted by Crippen LogP contribution is 2.24. The summed E-state index contributed by atoms with van der Waals surface area (Å²) in [7, 11) is -1.42. The summed E-state index contributed by atoms with van der Waals surface area (Å²) in [6.07, 6.45) is 2.22. The smallest absolute Gasteiger partial charge is 0.227 e. The van der Waals surface area contributed by atoms with Crippen molar-refractivity contribution in [3.63, 3.8) is 0 Å². The van der Waals surface area contributed by atoms with Crippen molar-refractivity contribution in [2.45, 2.75) is 51.3 Å². The van der Waals surface area contributed by atoms with Crippen LogP contribution in [0.5, 0.6) is 0 Å². The Hall–Kier alpha value is -1.97. The number of benzene rings is 2. The number of carbonyl (C=O) groups excluding carboxylic acids is 1. The largest absolute Gasteiger partial charge is 0.392 e. The fourth-order valence-electron chi connectivity index (χ4n) is 4.20. The molecule has 2 N–H and O–H groups in total. The van der Waals surface area contributed by atoms with Gasteiger partial charge in [-0.1, -0.05) is 67.9 Å². The van der Waals surface area contributed by atoms with Crippen molar-refractivity contribution in [1.29, 1.82) is 0 Å². The lowest BCUT2D eigenvalue weighted by atomic mass is 10.0. The second kappa shape index (κ2) is 13.9. The number of halogens is 1. The quantitative estimate of drug-likeness (QED) is 0.446. The number of nitrogens with zero attached hydrogens (tertiary/aromatic N) is 2. The minimum atomic E-state index is -3.26. The van der Waals surface area contributed by atoms with Gasteiger partial charge in [0, 0.05) is 33.2 Å². The number of likely N-dealkylation sites (tertiary alicyclic amines) is 1. The average molecular weight is 524 g/mol. The Bertz CT molecular complexity index is 1020. The molecule has 1 heterocycles. The van der Waals surface area contributed by atoms with E-state index in [2.05, 4.69) is 9.62 Å². The number of hydrogen-bond acceptors (Lipinski definition) is 5. The van der Waals surface area contributed by atoms with Gasteiger partial charge >= 0.3 is 0 Å². The van der Waals surface area contributed by atoms with Crippen LogP contribution in [0.3, 0.4) is 0 Å². The van der Waals surface area contributed by atoms with E-state index in [9.17, 15) is 18.3 Å². The summed E-state index contributed by atoms with van der Waals surface area (Å²) in [5, 5.41) is 9.91. The molecule has 3 rings (SSSR count). The first-order valence-corrected chi connectivity index (χ1v) is 13.7. The standard InChI is InChI=1S/C26H37N3O4S.ClH/c1-3-4-16-34(32,33)27-18-22-12-10-21(11-13-22)17-26(31)28(2)25(23-8-6-5-7-9-23)20-29-15-14-24(30)19-29;/h5-13,24-25,27,30H,3-4,14-20H2,1-2H3;1H/t24-,25+;/m0./s1. The number of aliphatic hydroxyl groups is 1. The van der Waals surface area contributed by atoms with Crippen molar-refractivity contribution in [2.24, 2.45) is 0 Å². The minimum absolute atomic E-state index is 0. The molecule has 1 aliphatic heterocycles. The van der Waals surface area contributed by atoms with Gasteiger partial charge in [-0.05, 0) is 29.5 Å². The average Bonchev–Trinajstić information content (AvgIpc) is 3.25. The van der Waals surface area contributed by atoms with Crippen molar-refractivity contribution in [2.75, 3.05) is 32.4 Å². The molecule has 0 saturated carbocycles. The number of unbranched alkanes of at least 4 members (excludes halogenated alkanes) is 1. The van der Waals surface area contributed by atoms with Gasteiger partial charge in [0.15, 0.2) is 0 Å². The van der Waals surface area contributed by atoms with Gasteiger partial charge in [-0.3, -0.25) is 9.69 Å². The number of aliphatic hydroxyl groups excluding tert-OH is 1. The molecule has 0 aromatic heterocycles. The van der Waals surface area contributed by atoms with Crippen LogP contribution in [0.2, 0.25) is 0 Å². The highest BCUT2D eigenvalue weighted by Gasteiger charge is 2.28. The summed E-state index contributed by atoms with van der Waals surface area (Å²) in [5.41, 5.74) is 2.82. The number of sulfonamides is 1. The maximum absolute atomic E-state index is 13.2. The summed E-state index contributed by atoms with van der Waals surface area (Å²) in [6, 6.07) is 17.4. The van der Waals surface area contributed by atoms with E-state index in [0.717, 1.165) is 36.1 Å². The monoisotopic (exact) mass is 523 g/mol. The number of rotatable bonds is 12. The zero-order valence-corrected chi connectivity index (χ0v) is 22.2. The molecule has 0 radical (unpaired) electrons. The van der Waals surface area contributed by atoms with Gasteiger partial charge in [-0.25, -0.2) is 13.1 Å². The molecule has 0 bridgehead atoms. The number of amides is 1. The highest BCUT2D eigenvalue weighted by molar-refractivity contribution is 7.89. The predicted molar refractivity (Wildman–Crippen MR) is 142 cm³/mol. The molecule has 194 valence electrons. The molecule has 9 heteroatoms. The molecule has 2 aromatic carbocycles. The van der Waals surface area contributed by atoms with Gasteiger partial charge in [0.05, 0.1) is 24.3 Å². The third kappa shape index (κ3) is 9.20. The Kier molecular flexibility index (Phi) is 11.7. The lowest BCUT2D eigenvalue weighted by Crippen LogP contribution is -2.39. The summed E-state index contributed by atoms with van der Waals surface area (Å²) < 4.78 is 26.6. The topological polar surface area (TPSA) is 90.0 Å². The van der Waals surface area contributed by atoms with Crippen molar-refractivity contribution in [3.05, 3.63) is 71.3 Å². The lowest BCUT2D eigenvalue weighted by Gasteiger charge is -2.32. The molecule has 0 aliphatic carbocycles. The number of hydrogen-bond donors (Lipinski definition) is 2. The van der Waals surface area contributed by atoms with Gasteiger partial charge in [0.25, 0.3) is 0 Å². The van der Waals surface area contributed by atoms with E-state index < -0.39 is 10.0 Å². The predicted octanol–water partition coefficient (Wildman–Crippen LogP) is 3.14. The van der Waals surface area contributed by atoms with Crippen LogP contribution in [0.1, 0.15) is 48.9 Å². The van der Waals surface area contributed by atoms with Crippen molar-refractivity contribution >= 4 is 28.3 Å². The normalized spacial score (nSPS) is 17.1.